The van der Waals surface area contributed by atoms with Gasteiger partial charge in [-0.2, -0.15) is 0 Å². The van der Waals surface area contributed by atoms with E-state index in [-0.39, 0.29) is 11.9 Å². The molecule has 0 radical (unpaired) electrons. The van der Waals surface area contributed by atoms with Crippen LogP contribution in [0.5, 0.6) is 0 Å². The van der Waals surface area contributed by atoms with Crippen molar-refractivity contribution in [1.29, 1.82) is 0 Å². The topological polar surface area (TPSA) is 55.1 Å². The number of hydrogen-bond acceptors (Lipinski definition) is 2. The standard InChI is InChI=1S/C12H16N2O/c1-7-5-9-3-4-11(15)14-12(9)10(6-7)8(2)13/h5-6,8H,3-4,13H2,1-2H3,(H,14,15). The van der Waals surface area contributed by atoms with E-state index in [2.05, 4.69) is 24.4 Å². The Balaban J connectivity index is 2.55. The van der Waals surface area contributed by atoms with Crippen LogP contribution in [0, 0.1) is 6.92 Å². The molecule has 0 saturated heterocycles. The number of benzene rings is 1. The van der Waals surface area contributed by atoms with Crippen molar-refractivity contribution in [3.63, 3.8) is 0 Å². The monoisotopic (exact) mass is 204 g/mol. The van der Waals surface area contributed by atoms with E-state index in [9.17, 15) is 4.79 Å². The van der Waals surface area contributed by atoms with Crippen LogP contribution in [0.3, 0.4) is 0 Å². The van der Waals surface area contributed by atoms with Crippen LogP contribution in [0.2, 0.25) is 0 Å². The predicted molar refractivity (Wildman–Crippen MR) is 60.7 cm³/mol. The van der Waals surface area contributed by atoms with Crippen LogP contribution in [-0.2, 0) is 11.2 Å². The minimum Gasteiger partial charge on any atom is -0.326 e. The lowest BCUT2D eigenvalue weighted by Crippen LogP contribution is -2.22. The molecule has 1 aliphatic rings. The van der Waals surface area contributed by atoms with Gasteiger partial charge >= 0.3 is 0 Å². The van der Waals surface area contributed by atoms with Gasteiger partial charge in [-0.25, -0.2) is 0 Å². The number of anilines is 1. The number of nitrogens with one attached hydrogen (secondary N) is 1. The summed E-state index contributed by atoms with van der Waals surface area (Å²) in [5.74, 6) is 0.0910. The second-order valence-electron chi connectivity index (χ2n) is 4.23. The van der Waals surface area contributed by atoms with Crippen molar-refractivity contribution in [1.82, 2.24) is 0 Å². The normalized spacial score (nSPS) is 16.9. The zero-order valence-electron chi connectivity index (χ0n) is 9.13. The van der Waals surface area contributed by atoms with E-state index in [1.54, 1.807) is 0 Å². The fourth-order valence-corrected chi connectivity index (χ4v) is 2.05. The number of carbonyl (C=O) groups is 1. The minimum atomic E-state index is -0.0444. The van der Waals surface area contributed by atoms with E-state index >= 15 is 0 Å². The number of rotatable bonds is 1. The molecule has 1 aromatic rings. The predicted octanol–water partition coefficient (Wildman–Crippen LogP) is 1.90. The molecule has 1 atom stereocenters. The van der Waals surface area contributed by atoms with Crippen molar-refractivity contribution < 1.29 is 4.79 Å². The maximum atomic E-state index is 11.3. The summed E-state index contributed by atoms with van der Waals surface area (Å²) in [6.07, 6.45) is 1.40. The summed E-state index contributed by atoms with van der Waals surface area (Å²) in [5.41, 5.74) is 10.3. The van der Waals surface area contributed by atoms with Gasteiger partial charge in [-0.15, -0.1) is 0 Å². The summed E-state index contributed by atoms with van der Waals surface area (Å²) < 4.78 is 0. The van der Waals surface area contributed by atoms with Crippen LogP contribution in [-0.4, -0.2) is 5.91 Å². The molecule has 0 spiro atoms. The molecule has 3 N–H and O–H groups in total. The molecule has 15 heavy (non-hydrogen) atoms. The van der Waals surface area contributed by atoms with Gasteiger partial charge in [0, 0.05) is 18.2 Å². The third kappa shape index (κ3) is 1.88. The molecule has 0 bridgehead atoms. The van der Waals surface area contributed by atoms with Gasteiger partial charge in [-0.3, -0.25) is 4.79 Å². The van der Waals surface area contributed by atoms with Crippen LogP contribution in [0.1, 0.15) is 36.1 Å². The molecule has 0 aliphatic carbocycles. The summed E-state index contributed by atoms with van der Waals surface area (Å²) in [5, 5.41) is 2.92. The molecule has 0 aromatic heterocycles. The lowest BCUT2D eigenvalue weighted by molar-refractivity contribution is -0.116. The summed E-state index contributed by atoms with van der Waals surface area (Å²) >= 11 is 0. The maximum absolute atomic E-state index is 11.3. The highest BCUT2D eigenvalue weighted by Gasteiger charge is 2.19. The first-order valence-corrected chi connectivity index (χ1v) is 5.27. The highest BCUT2D eigenvalue weighted by molar-refractivity contribution is 5.95. The van der Waals surface area contributed by atoms with Crippen molar-refractivity contribution in [2.24, 2.45) is 5.73 Å². The van der Waals surface area contributed by atoms with Crippen LogP contribution < -0.4 is 11.1 Å². The smallest absolute Gasteiger partial charge is 0.224 e. The largest absolute Gasteiger partial charge is 0.326 e. The van der Waals surface area contributed by atoms with E-state index in [1.807, 2.05) is 6.92 Å². The summed E-state index contributed by atoms with van der Waals surface area (Å²) in [6.45, 7) is 4.00. The lowest BCUT2D eigenvalue weighted by atomic mass is 9.94. The molecule has 1 aromatic carbocycles. The second-order valence-corrected chi connectivity index (χ2v) is 4.23. The van der Waals surface area contributed by atoms with Crippen LogP contribution in [0.15, 0.2) is 12.1 Å². The van der Waals surface area contributed by atoms with Crippen molar-refractivity contribution in [3.05, 3.63) is 28.8 Å². The Morgan fingerprint density at radius 2 is 2.13 bits per heavy atom. The fourth-order valence-electron chi connectivity index (χ4n) is 2.05. The van der Waals surface area contributed by atoms with E-state index in [4.69, 9.17) is 5.73 Å². The number of fused-ring (bicyclic) bond motifs is 1. The van der Waals surface area contributed by atoms with Gasteiger partial charge in [-0.1, -0.05) is 17.7 Å². The average molecular weight is 204 g/mol. The summed E-state index contributed by atoms with van der Waals surface area (Å²) in [4.78, 5) is 11.3. The fraction of sp³-hybridized carbons (Fsp3) is 0.417. The van der Waals surface area contributed by atoms with Crippen molar-refractivity contribution in [2.75, 3.05) is 5.32 Å². The van der Waals surface area contributed by atoms with Gasteiger partial charge in [0.1, 0.15) is 0 Å². The number of aryl methyl sites for hydroxylation is 2. The Morgan fingerprint density at radius 3 is 2.80 bits per heavy atom. The molecule has 1 amide bonds. The highest BCUT2D eigenvalue weighted by Crippen LogP contribution is 2.31. The molecule has 3 heteroatoms. The molecule has 1 aliphatic heterocycles. The molecule has 2 rings (SSSR count). The SMILES string of the molecule is Cc1cc2c(c(C(C)N)c1)NC(=O)CC2. The van der Waals surface area contributed by atoms with Crippen molar-refractivity contribution >= 4 is 11.6 Å². The first-order chi connectivity index (χ1) is 7.08. The summed E-state index contributed by atoms with van der Waals surface area (Å²) in [6, 6.07) is 4.13. The molecular weight excluding hydrogens is 188 g/mol. The van der Waals surface area contributed by atoms with Gasteiger partial charge < -0.3 is 11.1 Å². The zero-order chi connectivity index (χ0) is 11.0. The van der Waals surface area contributed by atoms with E-state index in [0.29, 0.717) is 6.42 Å². The number of amides is 1. The molecule has 3 nitrogen and oxygen atoms in total. The molecule has 0 fully saturated rings. The Morgan fingerprint density at radius 1 is 1.40 bits per heavy atom. The molecule has 1 heterocycles. The third-order valence-corrected chi connectivity index (χ3v) is 2.77. The van der Waals surface area contributed by atoms with Gasteiger partial charge in [0.25, 0.3) is 0 Å². The average Bonchev–Trinajstić information content (AvgIpc) is 2.17. The van der Waals surface area contributed by atoms with E-state index < -0.39 is 0 Å². The number of hydrogen-bond donors (Lipinski definition) is 2. The van der Waals surface area contributed by atoms with Gasteiger partial charge in [0.05, 0.1) is 0 Å². The Bertz CT molecular complexity index is 410. The quantitative estimate of drug-likeness (QED) is 0.734. The highest BCUT2D eigenvalue weighted by atomic mass is 16.1. The van der Waals surface area contributed by atoms with E-state index in [1.165, 1.54) is 11.1 Å². The Kier molecular flexibility index (Phi) is 2.49. The Labute approximate surface area is 89.7 Å². The maximum Gasteiger partial charge on any atom is 0.224 e. The first kappa shape index (κ1) is 10.2. The number of nitrogens with two attached hydrogens (primary N) is 1. The van der Waals surface area contributed by atoms with Gasteiger partial charge in [-0.05, 0) is 31.4 Å². The molecule has 1 unspecified atom stereocenters. The number of carbonyl (C=O) groups excluding carboxylic acids is 1. The molecular formula is C12H16N2O. The summed E-state index contributed by atoms with van der Waals surface area (Å²) in [7, 11) is 0. The lowest BCUT2D eigenvalue weighted by Gasteiger charge is -2.22. The molecule has 80 valence electrons. The molecule has 0 saturated carbocycles. The zero-order valence-corrected chi connectivity index (χ0v) is 9.13. The second kappa shape index (κ2) is 3.66. The van der Waals surface area contributed by atoms with Crippen molar-refractivity contribution in [2.45, 2.75) is 32.7 Å². The van der Waals surface area contributed by atoms with Gasteiger partial charge in [0.15, 0.2) is 0 Å². The van der Waals surface area contributed by atoms with Crippen LogP contribution in [0.25, 0.3) is 0 Å². The minimum absolute atomic E-state index is 0.0444. The Hall–Kier alpha value is -1.35. The van der Waals surface area contributed by atoms with Crippen LogP contribution >= 0.6 is 0 Å². The first-order valence-electron chi connectivity index (χ1n) is 5.27. The van der Waals surface area contributed by atoms with Gasteiger partial charge in [0.2, 0.25) is 5.91 Å². The van der Waals surface area contributed by atoms with E-state index in [0.717, 1.165) is 17.7 Å². The third-order valence-electron chi connectivity index (χ3n) is 2.77. The van der Waals surface area contributed by atoms with Crippen LogP contribution in [0.4, 0.5) is 5.69 Å². The van der Waals surface area contributed by atoms with Crippen molar-refractivity contribution in [3.8, 4) is 0 Å².